The van der Waals surface area contributed by atoms with E-state index in [1.807, 2.05) is 17.8 Å². The summed E-state index contributed by atoms with van der Waals surface area (Å²) in [6.45, 7) is 3.50. The van der Waals surface area contributed by atoms with E-state index in [1.54, 1.807) is 36.2 Å². The van der Waals surface area contributed by atoms with Crippen LogP contribution in [-0.2, 0) is 7.05 Å². The van der Waals surface area contributed by atoms with Gasteiger partial charge in [0.1, 0.15) is 23.5 Å². The minimum atomic E-state index is -0.505. The highest BCUT2D eigenvalue weighted by Crippen LogP contribution is 2.29. The Kier molecular flexibility index (Phi) is 5.15. The number of rotatable bonds is 3. The molecule has 1 unspecified atom stereocenters. The van der Waals surface area contributed by atoms with Gasteiger partial charge in [-0.15, -0.1) is 0 Å². The zero-order valence-electron chi connectivity index (χ0n) is 16.3. The fourth-order valence-corrected chi connectivity index (χ4v) is 3.84. The molecule has 0 aliphatic carbocycles. The quantitative estimate of drug-likeness (QED) is 0.738. The van der Waals surface area contributed by atoms with Gasteiger partial charge < -0.3 is 14.8 Å². The number of nitrogens with zero attached hydrogens (tertiary/aromatic N) is 3. The molecule has 0 saturated carbocycles. The summed E-state index contributed by atoms with van der Waals surface area (Å²) in [5, 5.41) is 3.29. The van der Waals surface area contributed by atoms with Crippen LogP contribution < -0.4 is 5.32 Å². The van der Waals surface area contributed by atoms with E-state index >= 15 is 0 Å². The lowest BCUT2D eigenvalue weighted by Crippen LogP contribution is -2.49. The lowest BCUT2D eigenvalue weighted by molar-refractivity contribution is 0.0620. The summed E-state index contributed by atoms with van der Waals surface area (Å²) in [5.74, 6) is -0.322. The Labute approximate surface area is 168 Å². The predicted molar refractivity (Wildman–Crippen MR) is 106 cm³/mol. The summed E-state index contributed by atoms with van der Waals surface area (Å²) in [5.41, 5.74) is 1.88. The molecule has 1 N–H and O–H groups in total. The van der Waals surface area contributed by atoms with Crippen molar-refractivity contribution in [3.05, 3.63) is 77.4 Å². The van der Waals surface area contributed by atoms with Crippen LogP contribution in [0.25, 0.3) is 11.1 Å². The third-order valence-corrected chi connectivity index (χ3v) is 5.36. The first kappa shape index (κ1) is 19.3. The largest absolute Gasteiger partial charge is 0.336 e. The number of piperazine rings is 1. The molecular weight excluding hydrogens is 374 g/mol. The summed E-state index contributed by atoms with van der Waals surface area (Å²) < 4.78 is 30.1. The third kappa shape index (κ3) is 3.65. The van der Waals surface area contributed by atoms with Crippen molar-refractivity contribution >= 4 is 5.91 Å². The van der Waals surface area contributed by atoms with Crippen LogP contribution in [0.2, 0.25) is 0 Å². The second kappa shape index (κ2) is 7.75. The SMILES string of the molecule is Cc1cc(F)ccc1-c1ccc(C(=O)N2CCNCC2c2nccn2C)cc1F. The molecule has 150 valence electrons. The first-order valence-electron chi connectivity index (χ1n) is 9.50. The van der Waals surface area contributed by atoms with E-state index in [1.165, 1.54) is 18.2 Å². The van der Waals surface area contributed by atoms with Gasteiger partial charge in [-0.3, -0.25) is 4.79 Å². The Morgan fingerprint density at radius 3 is 2.66 bits per heavy atom. The fourth-order valence-electron chi connectivity index (χ4n) is 3.84. The van der Waals surface area contributed by atoms with Crippen LogP contribution in [0.1, 0.15) is 27.8 Å². The number of hydrogen-bond acceptors (Lipinski definition) is 3. The van der Waals surface area contributed by atoms with E-state index in [0.29, 0.717) is 36.3 Å². The molecule has 4 rings (SSSR count). The third-order valence-electron chi connectivity index (χ3n) is 5.36. The molecule has 29 heavy (non-hydrogen) atoms. The highest BCUT2D eigenvalue weighted by molar-refractivity contribution is 5.95. The van der Waals surface area contributed by atoms with E-state index in [9.17, 15) is 13.6 Å². The van der Waals surface area contributed by atoms with Gasteiger partial charge in [0.25, 0.3) is 5.91 Å². The zero-order chi connectivity index (χ0) is 20.5. The van der Waals surface area contributed by atoms with Gasteiger partial charge in [-0.25, -0.2) is 13.8 Å². The number of imidazole rings is 1. The highest BCUT2D eigenvalue weighted by Gasteiger charge is 2.31. The van der Waals surface area contributed by atoms with Crippen molar-refractivity contribution in [3.8, 4) is 11.1 Å². The molecule has 1 atom stereocenters. The molecule has 3 aromatic rings. The van der Waals surface area contributed by atoms with Gasteiger partial charge in [-0.05, 0) is 42.3 Å². The van der Waals surface area contributed by atoms with E-state index < -0.39 is 5.82 Å². The van der Waals surface area contributed by atoms with Crippen molar-refractivity contribution in [2.24, 2.45) is 7.05 Å². The van der Waals surface area contributed by atoms with Crippen LogP contribution in [-0.4, -0.2) is 40.0 Å². The molecule has 1 aliphatic heterocycles. The topological polar surface area (TPSA) is 50.2 Å². The molecular formula is C22H22F2N4O. The first-order valence-corrected chi connectivity index (χ1v) is 9.50. The molecule has 0 bridgehead atoms. The Hall–Kier alpha value is -3.06. The number of benzene rings is 2. The second-order valence-electron chi connectivity index (χ2n) is 7.27. The number of carbonyl (C=O) groups is 1. The molecule has 1 fully saturated rings. The number of nitrogens with one attached hydrogen (secondary N) is 1. The predicted octanol–water partition coefficient (Wildman–Crippen LogP) is 3.46. The minimum Gasteiger partial charge on any atom is -0.336 e. The maximum absolute atomic E-state index is 14.9. The van der Waals surface area contributed by atoms with Gasteiger partial charge in [-0.1, -0.05) is 12.1 Å². The van der Waals surface area contributed by atoms with Crippen LogP contribution in [0.3, 0.4) is 0 Å². The van der Waals surface area contributed by atoms with Crippen LogP contribution in [0, 0.1) is 18.6 Å². The number of carbonyl (C=O) groups excluding carboxylic acids is 1. The van der Waals surface area contributed by atoms with E-state index in [-0.39, 0.29) is 23.3 Å². The first-order chi connectivity index (χ1) is 14.0. The van der Waals surface area contributed by atoms with Crippen molar-refractivity contribution in [1.29, 1.82) is 0 Å². The Morgan fingerprint density at radius 2 is 1.97 bits per heavy atom. The van der Waals surface area contributed by atoms with Crippen LogP contribution in [0.5, 0.6) is 0 Å². The fraction of sp³-hybridized carbons (Fsp3) is 0.273. The summed E-state index contributed by atoms with van der Waals surface area (Å²) in [6.07, 6.45) is 3.54. The van der Waals surface area contributed by atoms with Gasteiger partial charge in [0.05, 0.1) is 0 Å². The molecule has 5 nitrogen and oxygen atoms in total. The van der Waals surface area contributed by atoms with Gasteiger partial charge in [0, 0.05) is 50.2 Å². The zero-order valence-corrected chi connectivity index (χ0v) is 16.3. The number of amides is 1. The van der Waals surface area contributed by atoms with Crippen molar-refractivity contribution < 1.29 is 13.6 Å². The molecule has 2 aromatic carbocycles. The van der Waals surface area contributed by atoms with E-state index in [2.05, 4.69) is 10.3 Å². The smallest absolute Gasteiger partial charge is 0.254 e. The summed E-state index contributed by atoms with van der Waals surface area (Å²) in [7, 11) is 1.89. The number of halogens is 2. The summed E-state index contributed by atoms with van der Waals surface area (Å²) in [4.78, 5) is 19.3. The van der Waals surface area contributed by atoms with Crippen molar-refractivity contribution in [3.63, 3.8) is 0 Å². The molecule has 0 spiro atoms. The van der Waals surface area contributed by atoms with Gasteiger partial charge in [0.2, 0.25) is 0 Å². The lowest BCUT2D eigenvalue weighted by atomic mass is 9.98. The number of aromatic nitrogens is 2. The van der Waals surface area contributed by atoms with E-state index in [0.717, 1.165) is 5.82 Å². The molecule has 1 amide bonds. The second-order valence-corrected chi connectivity index (χ2v) is 7.27. The molecule has 2 heterocycles. The number of hydrogen-bond donors (Lipinski definition) is 1. The molecule has 1 saturated heterocycles. The van der Waals surface area contributed by atoms with E-state index in [4.69, 9.17) is 0 Å². The van der Waals surface area contributed by atoms with Gasteiger partial charge >= 0.3 is 0 Å². The summed E-state index contributed by atoms with van der Waals surface area (Å²) >= 11 is 0. The maximum Gasteiger partial charge on any atom is 0.254 e. The lowest BCUT2D eigenvalue weighted by Gasteiger charge is -2.35. The average molecular weight is 396 g/mol. The Balaban J connectivity index is 1.65. The number of aryl methyl sites for hydroxylation is 2. The van der Waals surface area contributed by atoms with Gasteiger partial charge in [0.15, 0.2) is 0 Å². The standard InChI is InChI=1S/C22H22F2N4O/c1-14-11-16(23)4-6-17(14)18-5-3-15(12-19(18)24)22(29)28-10-7-25-13-20(28)21-26-8-9-27(21)2/h3-6,8-9,11-12,20,25H,7,10,13H2,1-2H3. The van der Waals surface area contributed by atoms with Crippen LogP contribution in [0.15, 0.2) is 48.8 Å². The van der Waals surface area contributed by atoms with Gasteiger partial charge in [-0.2, -0.15) is 0 Å². The molecule has 1 aromatic heterocycles. The normalized spacial score (nSPS) is 16.8. The average Bonchev–Trinajstić information content (AvgIpc) is 3.14. The Morgan fingerprint density at radius 1 is 1.17 bits per heavy atom. The monoisotopic (exact) mass is 396 g/mol. The van der Waals surface area contributed by atoms with Crippen LogP contribution >= 0.6 is 0 Å². The summed E-state index contributed by atoms with van der Waals surface area (Å²) in [6, 6.07) is 8.47. The molecule has 7 heteroatoms. The van der Waals surface area contributed by atoms with Crippen molar-refractivity contribution in [2.75, 3.05) is 19.6 Å². The Bertz CT molecular complexity index is 1060. The minimum absolute atomic E-state index is 0.224. The molecule has 1 aliphatic rings. The highest BCUT2D eigenvalue weighted by atomic mass is 19.1. The van der Waals surface area contributed by atoms with Crippen molar-refractivity contribution in [1.82, 2.24) is 19.8 Å². The van der Waals surface area contributed by atoms with Crippen molar-refractivity contribution in [2.45, 2.75) is 13.0 Å². The maximum atomic E-state index is 14.9. The van der Waals surface area contributed by atoms with Crippen LogP contribution in [0.4, 0.5) is 8.78 Å². The molecule has 0 radical (unpaired) electrons.